The maximum absolute atomic E-state index is 15.7. The van der Waals surface area contributed by atoms with E-state index in [2.05, 4.69) is 10.3 Å². The van der Waals surface area contributed by atoms with Crippen LogP contribution in [0.25, 0.3) is 0 Å². The molecule has 0 saturated carbocycles. The molecule has 0 amide bonds. The fourth-order valence-corrected chi connectivity index (χ4v) is 6.38. The molecule has 0 radical (unpaired) electrons. The van der Waals surface area contributed by atoms with E-state index >= 15 is 8.78 Å². The fourth-order valence-electron chi connectivity index (χ4n) is 6.38. The molecule has 2 fully saturated rings. The summed E-state index contributed by atoms with van der Waals surface area (Å²) < 4.78 is 56.9. The molecule has 44 heavy (non-hydrogen) atoms. The zero-order chi connectivity index (χ0) is 32.0. The first-order valence-corrected chi connectivity index (χ1v) is 14.7. The predicted molar refractivity (Wildman–Crippen MR) is 155 cm³/mol. The topological polar surface area (TPSA) is 120 Å². The molecule has 0 bridgehead atoms. The summed E-state index contributed by atoms with van der Waals surface area (Å²) in [5, 5.41) is 12.7. The number of alkyl halides is 2. The Balaban J connectivity index is 1.52. The predicted octanol–water partition coefficient (Wildman–Crippen LogP) is 4.23. The number of carboxylic acid groups (broad SMARTS) is 1. The number of carboxylic acids is 1. The zero-order valence-electron chi connectivity index (χ0n) is 25.5. The SMILES string of the molecule is CCOC(=O)C1=C(CN2CC(F)(F)C3C2CCN3CCC(C)(C)C(=O)O)NC(c2ncoc2C)=NC1c1cccc(F)c1C. The summed E-state index contributed by atoms with van der Waals surface area (Å²) in [4.78, 5) is 37.5. The Morgan fingerprint density at radius 2 is 2.00 bits per heavy atom. The van der Waals surface area contributed by atoms with E-state index in [1.165, 1.54) is 18.5 Å². The van der Waals surface area contributed by atoms with Crippen molar-refractivity contribution in [2.24, 2.45) is 10.4 Å². The molecule has 0 aliphatic carbocycles. The minimum atomic E-state index is -3.08. The van der Waals surface area contributed by atoms with Gasteiger partial charge in [-0.2, -0.15) is 0 Å². The van der Waals surface area contributed by atoms with Crippen molar-refractivity contribution in [1.29, 1.82) is 0 Å². The summed E-state index contributed by atoms with van der Waals surface area (Å²) in [6.45, 7) is 8.21. The molecule has 3 aliphatic heterocycles. The second kappa shape index (κ2) is 12.0. The molecule has 2 N–H and O–H groups in total. The quantitative estimate of drug-likeness (QED) is 0.378. The van der Waals surface area contributed by atoms with E-state index < -0.39 is 53.8 Å². The average molecular weight is 618 g/mol. The van der Waals surface area contributed by atoms with Crippen LogP contribution in [0.3, 0.4) is 0 Å². The van der Waals surface area contributed by atoms with Gasteiger partial charge in [-0.1, -0.05) is 12.1 Å². The van der Waals surface area contributed by atoms with Crippen LogP contribution >= 0.6 is 0 Å². The lowest BCUT2D eigenvalue weighted by Crippen LogP contribution is -2.46. The summed E-state index contributed by atoms with van der Waals surface area (Å²) in [7, 11) is 0. The third-order valence-electron chi connectivity index (χ3n) is 8.94. The number of ether oxygens (including phenoxy) is 1. The van der Waals surface area contributed by atoms with E-state index in [-0.39, 0.29) is 37.5 Å². The minimum Gasteiger partial charge on any atom is -0.481 e. The number of esters is 1. The average Bonchev–Trinajstić information content (AvgIpc) is 3.65. The molecule has 2 saturated heterocycles. The largest absolute Gasteiger partial charge is 0.481 e. The molecule has 13 heteroatoms. The lowest BCUT2D eigenvalue weighted by molar-refractivity contribution is -0.147. The van der Waals surface area contributed by atoms with Crippen LogP contribution in [0.5, 0.6) is 0 Å². The van der Waals surface area contributed by atoms with Gasteiger partial charge in [0.25, 0.3) is 5.92 Å². The monoisotopic (exact) mass is 617 g/mol. The van der Waals surface area contributed by atoms with Crippen molar-refractivity contribution in [1.82, 2.24) is 20.1 Å². The smallest absolute Gasteiger partial charge is 0.338 e. The first-order valence-electron chi connectivity index (χ1n) is 14.7. The summed E-state index contributed by atoms with van der Waals surface area (Å²) >= 11 is 0. The summed E-state index contributed by atoms with van der Waals surface area (Å²) in [5.41, 5.74) is 0.479. The van der Waals surface area contributed by atoms with E-state index in [1.807, 2.05) is 0 Å². The van der Waals surface area contributed by atoms with Crippen LogP contribution in [-0.4, -0.2) is 88.5 Å². The van der Waals surface area contributed by atoms with Crippen LogP contribution < -0.4 is 5.32 Å². The third kappa shape index (κ3) is 5.86. The van der Waals surface area contributed by atoms with Gasteiger partial charge in [-0.15, -0.1) is 0 Å². The summed E-state index contributed by atoms with van der Waals surface area (Å²) in [6, 6.07) is 1.88. The minimum absolute atomic E-state index is 0.0554. The van der Waals surface area contributed by atoms with Gasteiger partial charge in [0.05, 0.1) is 30.2 Å². The highest BCUT2D eigenvalue weighted by atomic mass is 19.3. The van der Waals surface area contributed by atoms with Gasteiger partial charge >= 0.3 is 11.9 Å². The lowest BCUT2D eigenvalue weighted by atomic mass is 9.89. The maximum atomic E-state index is 15.7. The van der Waals surface area contributed by atoms with E-state index in [4.69, 9.17) is 14.1 Å². The summed E-state index contributed by atoms with van der Waals surface area (Å²) in [5.74, 6) is -4.49. The van der Waals surface area contributed by atoms with Crippen molar-refractivity contribution >= 4 is 17.8 Å². The number of benzene rings is 1. The van der Waals surface area contributed by atoms with Gasteiger partial charge in [0.2, 0.25) is 0 Å². The Hall–Kier alpha value is -3.71. The van der Waals surface area contributed by atoms with Crippen LogP contribution in [0, 0.1) is 25.1 Å². The van der Waals surface area contributed by atoms with E-state index in [0.29, 0.717) is 41.2 Å². The molecular formula is C31H38F3N5O5. The number of carbonyl (C=O) groups excluding carboxylic acids is 1. The number of hydrogen-bond acceptors (Lipinski definition) is 9. The van der Waals surface area contributed by atoms with Crippen LogP contribution in [0.4, 0.5) is 13.2 Å². The van der Waals surface area contributed by atoms with Crippen LogP contribution in [0.15, 0.2) is 45.3 Å². The molecule has 3 unspecified atom stereocenters. The lowest BCUT2D eigenvalue weighted by Gasteiger charge is -2.31. The van der Waals surface area contributed by atoms with Crippen LogP contribution in [0.2, 0.25) is 0 Å². The second-order valence-electron chi connectivity index (χ2n) is 12.3. The number of aliphatic carboxylic acids is 1. The Labute approximate surface area is 254 Å². The number of amidine groups is 1. The number of aliphatic imine (C=N–C) groups is 1. The number of fused-ring (bicyclic) bond motifs is 1. The standard InChI is InChI=1S/C31H38F3N5O5/c1-6-43-28(40)23-21(14-39-15-31(33,34)26-22(39)10-12-38(26)13-11-30(4,5)29(41)42)36-27(24-18(3)44-16-35-24)37-25(23)19-8-7-9-20(32)17(19)2/h7-9,16,22,25-26H,6,10-15H2,1-5H3,(H,36,37)(H,41,42). The van der Waals surface area contributed by atoms with Crippen LogP contribution in [-0.2, 0) is 14.3 Å². The molecule has 238 valence electrons. The molecule has 1 aromatic heterocycles. The highest BCUT2D eigenvalue weighted by Crippen LogP contribution is 2.43. The molecule has 0 spiro atoms. The number of halogens is 3. The van der Waals surface area contributed by atoms with E-state index in [1.54, 1.807) is 50.5 Å². The number of nitrogens with one attached hydrogen (secondary N) is 1. The first kappa shape index (κ1) is 31.7. The molecular weight excluding hydrogens is 579 g/mol. The van der Waals surface area contributed by atoms with Crippen molar-refractivity contribution in [3.63, 3.8) is 0 Å². The van der Waals surface area contributed by atoms with Crippen LogP contribution in [0.1, 0.15) is 62.2 Å². The second-order valence-corrected chi connectivity index (χ2v) is 12.3. The van der Waals surface area contributed by atoms with Gasteiger partial charge in [-0.05, 0) is 71.2 Å². The van der Waals surface area contributed by atoms with Crippen molar-refractivity contribution < 1.29 is 37.0 Å². The number of aromatic nitrogens is 1. The summed E-state index contributed by atoms with van der Waals surface area (Å²) in [6.07, 6.45) is 1.93. The Kier molecular flexibility index (Phi) is 8.65. The number of oxazole rings is 1. The van der Waals surface area contributed by atoms with Gasteiger partial charge in [0.15, 0.2) is 12.2 Å². The van der Waals surface area contributed by atoms with Gasteiger partial charge in [-0.3, -0.25) is 19.6 Å². The highest BCUT2D eigenvalue weighted by Gasteiger charge is 2.59. The van der Waals surface area contributed by atoms with Crippen molar-refractivity contribution in [3.8, 4) is 0 Å². The number of carbonyl (C=O) groups is 2. The Morgan fingerprint density at radius 3 is 2.66 bits per heavy atom. The molecule has 5 rings (SSSR count). The molecule has 2 aromatic rings. The molecule has 4 heterocycles. The van der Waals surface area contributed by atoms with Gasteiger partial charge in [0.1, 0.15) is 23.3 Å². The van der Waals surface area contributed by atoms with Crippen molar-refractivity contribution in [2.75, 3.05) is 32.8 Å². The Bertz CT molecular complexity index is 1500. The number of likely N-dealkylation sites (tertiary alicyclic amines) is 2. The molecule has 1 aromatic carbocycles. The van der Waals surface area contributed by atoms with Crippen molar-refractivity contribution in [2.45, 2.75) is 71.5 Å². The van der Waals surface area contributed by atoms with Gasteiger partial charge in [-0.25, -0.2) is 22.9 Å². The number of nitrogens with zero attached hydrogens (tertiary/aromatic N) is 4. The number of hydrogen-bond donors (Lipinski definition) is 2. The number of rotatable bonds is 10. The normalized spacial score (nSPS) is 23.8. The third-order valence-corrected chi connectivity index (χ3v) is 8.94. The molecule has 10 nitrogen and oxygen atoms in total. The molecule has 3 aliphatic rings. The fraction of sp³-hybridized carbons (Fsp3) is 0.548. The highest BCUT2D eigenvalue weighted by molar-refractivity contribution is 6.03. The Morgan fingerprint density at radius 1 is 1.25 bits per heavy atom. The molecule has 3 atom stereocenters. The van der Waals surface area contributed by atoms with E-state index in [9.17, 15) is 19.1 Å². The number of aryl methyl sites for hydroxylation is 1. The van der Waals surface area contributed by atoms with Gasteiger partial charge in [0, 0.05) is 24.8 Å². The van der Waals surface area contributed by atoms with Crippen molar-refractivity contribution in [3.05, 3.63) is 64.3 Å². The zero-order valence-corrected chi connectivity index (χ0v) is 25.5. The van der Waals surface area contributed by atoms with E-state index in [0.717, 1.165) is 0 Å². The van der Waals surface area contributed by atoms with Gasteiger partial charge < -0.3 is 19.6 Å². The maximum Gasteiger partial charge on any atom is 0.338 e. The first-order chi connectivity index (χ1) is 20.7.